The van der Waals surface area contributed by atoms with E-state index >= 15 is 0 Å². The molecule has 0 bridgehead atoms. The number of carbonyl (C=O) groups is 1. The third kappa shape index (κ3) is 2.96. The van der Waals surface area contributed by atoms with Crippen molar-refractivity contribution in [1.29, 1.82) is 0 Å². The van der Waals surface area contributed by atoms with Crippen molar-refractivity contribution in [2.45, 2.75) is 70.3 Å². The Morgan fingerprint density at radius 1 is 1.17 bits per heavy atom. The number of hydrogen-bond acceptors (Lipinski definition) is 4. The highest BCUT2D eigenvalue weighted by molar-refractivity contribution is 6.06. The van der Waals surface area contributed by atoms with Crippen molar-refractivity contribution in [3.05, 3.63) is 23.0 Å². The fourth-order valence-corrected chi connectivity index (χ4v) is 3.57. The molecule has 2 heterocycles. The molecular formula is C18H23N3O2. The number of aromatic nitrogens is 2. The molecule has 1 amide bonds. The van der Waals surface area contributed by atoms with E-state index in [2.05, 4.69) is 15.5 Å². The summed E-state index contributed by atoms with van der Waals surface area (Å²) in [5.41, 5.74) is 2.89. The molecule has 0 aromatic carbocycles. The second-order valence-corrected chi connectivity index (χ2v) is 6.98. The first-order chi connectivity index (χ1) is 11.2. The predicted octanol–water partition coefficient (Wildman–Crippen LogP) is 3.86. The lowest BCUT2D eigenvalue weighted by molar-refractivity contribution is 0.0935. The van der Waals surface area contributed by atoms with E-state index in [9.17, 15) is 4.79 Å². The first kappa shape index (κ1) is 14.7. The van der Waals surface area contributed by atoms with Gasteiger partial charge in [-0.3, -0.25) is 4.79 Å². The van der Waals surface area contributed by atoms with Gasteiger partial charge in [0.15, 0.2) is 0 Å². The number of pyridine rings is 1. The molecule has 0 atom stereocenters. The Morgan fingerprint density at radius 2 is 1.91 bits per heavy atom. The number of carbonyl (C=O) groups excluding carboxylic acids is 1. The van der Waals surface area contributed by atoms with E-state index in [1.54, 1.807) is 0 Å². The van der Waals surface area contributed by atoms with Gasteiger partial charge in [0, 0.05) is 17.7 Å². The Hall–Kier alpha value is -1.91. The molecule has 0 radical (unpaired) electrons. The van der Waals surface area contributed by atoms with Gasteiger partial charge in [-0.25, -0.2) is 4.98 Å². The van der Waals surface area contributed by atoms with Crippen molar-refractivity contribution >= 4 is 17.0 Å². The Bertz CT molecular complexity index is 725. The molecule has 2 aliphatic carbocycles. The molecule has 0 spiro atoms. The average molecular weight is 313 g/mol. The average Bonchev–Trinajstić information content (AvgIpc) is 3.35. The maximum absolute atomic E-state index is 12.9. The maximum atomic E-state index is 12.9. The van der Waals surface area contributed by atoms with Crippen molar-refractivity contribution in [2.24, 2.45) is 0 Å². The lowest BCUT2D eigenvalue weighted by Gasteiger charge is -2.16. The van der Waals surface area contributed by atoms with Crippen LogP contribution in [0.5, 0.6) is 0 Å². The van der Waals surface area contributed by atoms with Gasteiger partial charge >= 0.3 is 0 Å². The molecule has 1 N–H and O–H groups in total. The van der Waals surface area contributed by atoms with Gasteiger partial charge in [-0.2, -0.15) is 0 Å². The number of nitrogens with zero attached hydrogens (tertiary/aromatic N) is 2. The van der Waals surface area contributed by atoms with Gasteiger partial charge in [0.1, 0.15) is 0 Å². The number of aryl methyl sites for hydroxylation is 1. The first-order valence-corrected chi connectivity index (χ1v) is 8.80. The lowest BCUT2D eigenvalue weighted by Crippen LogP contribution is -2.34. The largest absolute Gasteiger partial charge is 0.349 e. The summed E-state index contributed by atoms with van der Waals surface area (Å²) in [6.45, 7) is 1.87. The number of nitrogens with one attached hydrogen (secondary N) is 1. The van der Waals surface area contributed by atoms with Crippen LogP contribution in [0, 0.1) is 6.92 Å². The fraction of sp³-hybridized carbons (Fsp3) is 0.611. The van der Waals surface area contributed by atoms with Crippen LogP contribution in [0.25, 0.3) is 11.1 Å². The third-order valence-corrected chi connectivity index (χ3v) is 5.07. The van der Waals surface area contributed by atoms with Gasteiger partial charge in [0.05, 0.1) is 16.6 Å². The van der Waals surface area contributed by atoms with Crippen LogP contribution in [-0.2, 0) is 0 Å². The molecule has 2 fully saturated rings. The van der Waals surface area contributed by atoms with Crippen molar-refractivity contribution in [3.8, 4) is 0 Å². The standard InChI is InChI=1S/C18H23N3O2/c1-11-16-14(17(22)19-13-6-4-2-3-5-7-13)10-15(12-8-9-12)20-18(16)23-21-11/h10,12-13H,2-9H2,1H3,(H,19,22). The number of amides is 1. The Balaban J connectivity index is 1.65. The summed E-state index contributed by atoms with van der Waals surface area (Å²) in [4.78, 5) is 17.4. The summed E-state index contributed by atoms with van der Waals surface area (Å²) in [5.74, 6) is 0.478. The highest BCUT2D eigenvalue weighted by Gasteiger charge is 2.29. The summed E-state index contributed by atoms with van der Waals surface area (Å²) >= 11 is 0. The second-order valence-electron chi connectivity index (χ2n) is 6.98. The minimum Gasteiger partial charge on any atom is -0.349 e. The molecule has 2 aromatic heterocycles. The molecule has 2 aliphatic rings. The van der Waals surface area contributed by atoms with Crippen LogP contribution in [-0.4, -0.2) is 22.1 Å². The molecule has 5 heteroatoms. The molecule has 4 rings (SSSR count). The molecule has 5 nitrogen and oxygen atoms in total. The number of fused-ring (bicyclic) bond motifs is 1. The monoisotopic (exact) mass is 313 g/mol. The van der Waals surface area contributed by atoms with E-state index in [1.807, 2.05) is 13.0 Å². The molecular weight excluding hydrogens is 290 g/mol. The van der Waals surface area contributed by atoms with Gasteiger partial charge in [-0.1, -0.05) is 30.8 Å². The SMILES string of the molecule is Cc1noc2nc(C3CC3)cc(C(=O)NC3CCCCCC3)c12. The maximum Gasteiger partial charge on any atom is 0.259 e. The van der Waals surface area contributed by atoms with Crippen LogP contribution in [0.3, 0.4) is 0 Å². The summed E-state index contributed by atoms with van der Waals surface area (Å²) in [5, 5.41) is 8.00. The van der Waals surface area contributed by atoms with Gasteiger partial charge < -0.3 is 9.84 Å². The number of hydrogen-bond donors (Lipinski definition) is 1. The Morgan fingerprint density at radius 3 is 2.61 bits per heavy atom. The van der Waals surface area contributed by atoms with E-state index in [-0.39, 0.29) is 11.9 Å². The third-order valence-electron chi connectivity index (χ3n) is 5.07. The van der Waals surface area contributed by atoms with Gasteiger partial charge in [0.2, 0.25) is 0 Å². The zero-order valence-corrected chi connectivity index (χ0v) is 13.6. The molecule has 23 heavy (non-hydrogen) atoms. The van der Waals surface area contributed by atoms with Crippen molar-refractivity contribution in [1.82, 2.24) is 15.5 Å². The Labute approximate surface area is 135 Å². The van der Waals surface area contributed by atoms with Crippen LogP contribution in [0.4, 0.5) is 0 Å². The zero-order valence-electron chi connectivity index (χ0n) is 13.6. The van der Waals surface area contributed by atoms with E-state index in [4.69, 9.17) is 4.52 Å². The Kier molecular flexibility index (Phi) is 3.79. The van der Waals surface area contributed by atoms with Gasteiger partial charge in [-0.05, 0) is 38.7 Å². The van der Waals surface area contributed by atoms with Crippen LogP contribution in [0.2, 0.25) is 0 Å². The smallest absolute Gasteiger partial charge is 0.259 e. The van der Waals surface area contributed by atoms with Crippen LogP contribution >= 0.6 is 0 Å². The summed E-state index contributed by atoms with van der Waals surface area (Å²) < 4.78 is 5.33. The van der Waals surface area contributed by atoms with E-state index in [0.717, 1.165) is 42.5 Å². The molecule has 0 unspecified atom stereocenters. The topological polar surface area (TPSA) is 68.0 Å². The van der Waals surface area contributed by atoms with E-state index in [1.165, 1.54) is 25.7 Å². The first-order valence-electron chi connectivity index (χ1n) is 8.80. The van der Waals surface area contributed by atoms with E-state index in [0.29, 0.717) is 17.2 Å². The highest BCUT2D eigenvalue weighted by atomic mass is 16.5. The van der Waals surface area contributed by atoms with Gasteiger partial charge in [0.25, 0.3) is 11.6 Å². The minimum atomic E-state index is -0.00231. The summed E-state index contributed by atoms with van der Waals surface area (Å²) in [7, 11) is 0. The van der Waals surface area contributed by atoms with Crippen LogP contribution in [0.15, 0.2) is 10.6 Å². The molecule has 2 saturated carbocycles. The van der Waals surface area contributed by atoms with Crippen LogP contribution in [0.1, 0.15) is 79.0 Å². The minimum absolute atomic E-state index is 0.00231. The quantitative estimate of drug-likeness (QED) is 0.874. The van der Waals surface area contributed by atoms with E-state index < -0.39 is 0 Å². The molecule has 122 valence electrons. The lowest BCUT2D eigenvalue weighted by atomic mass is 10.1. The second kappa shape index (κ2) is 5.95. The highest BCUT2D eigenvalue weighted by Crippen LogP contribution is 2.40. The molecule has 0 saturated heterocycles. The normalized spacial score (nSPS) is 19.7. The molecule has 0 aliphatic heterocycles. The number of rotatable bonds is 3. The zero-order chi connectivity index (χ0) is 15.8. The summed E-state index contributed by atoms with van der Waals surface area (Å²) in [6.07, 6.45) is 9.43. The van der Waals surface area contributed by atoms with Crippen molar-refractivity contribution in [3.63, 3.8) is 0 Å². The predicted molar refractivity (Wildman–Crippen MR) is 87.5 cm³/mol. The fourth-order valence-electron chi connectivity index (χ4n) is 3.57. The molecule has 2 aromatic rings. The van der Waals surface area contributed by atoms with Gasteiger partial charge in [-0.15, -0.1) is 0 Å². The summed E-state index contributed by atoms with van der Waals surface area (Å²) in [6, 6.07) is 2.24. The van der Waals surface area contributed by atoms with Crippen LogP contribution < -0.4 is 5.32 Å². The van der Waals surface area contributed by atoms with Crippen molar-refractivity contribution in [2.75, 3.05) is 0 Å². The van der Waals surface area contributed by atoms with Crippen molar-refractivity contribution < 1.29 is 9.32 Å².